The molecule has 0 spiro atoms. The summed E-state index contributed by atoms with van der Waals surface area (Å²) in [5.74, 6) is 0.559. The van der Waals surface area contributed by atoms with Crippen LogP contribution in [0.1, 0.15) is 45.7 Å². The smallest absolute Gasteiger partial charge is 0.107 e. The van der Waals surface area contributed by atoms with Crippen LogP contribution >= 0.6 is 0 Å². The van der Waals surface area contributed by atoms with Crippen LogP contribution in [-0.4, -0.2) is 14.9 Å². The molecule has 0 bridgehead atoms. The molecule has 0 saturated heterocycles. The zero-order valence-corrected chi connectivity index (χ0v) is 10.7. The van der Waals surface area contributed by atoms with E-state index in [9.17, 15) is 5.11 Å². The van der Waals surface area contributed by atoms with Crippen molar-refractivity contribution in [2.75, 3.05) is 0 Å². The first-order valence-electron chi connectivity index (χ1n) is 6.03. The van der Waals surface area contributed by atoms with E-state index >= 15 is 0 Å². The van der Waals surface area contributed by atoms with Gasteiger partial charge in [0.25, 0.3) is 0 Å². The van der Waals surface area contributed by atoms with E-state index in [0.717, 1.165) is 18.5 Å². The molecule has 1 aliphatic carbocycles. The van der Waals surface area contributed by atoms with Gasteiger partial charge < -0.3 is 5.11 Å². The lowest BCUT2D eigenvalue weighted by molar-refractivity contribution is -0.0689. The molecule has 1 saturated carbocycles. The van der Waals surface area contributed by atoms with E-state index in [1.807, 2.05) is 13.1 Å². The minimum Gasteiger partial charge on any atom is -0.384 e. The topological polar surface area (TPSA) is 38.1 Å². The molecule has 0 amide bonds. The van der Waals surface area contributed by atoms with E-state index in [0.29, 0.717) is 5.92 Å². The van der Waals surface area contributed by atoms with Crippen LogP contribution in [0.3, 0.4) is 0 Å². The highest BCUT2D eigenvalue weighted by molar-refractivity contribution is 5.14. The first-order chi connectivity index (χ1) is 7.32. The van der Waals surface area contributed by atoms with Gasteiger partial charge in [-0.05, 0) is 36.7 Å². The number of rotatable bonds is 1. The molecule has 1 aliphatic rings. The fourth-order valence-corrected chi connectivity index (χ4v) is 3.55. The van der Waals surface area contributed by atoms with Crippen molar-refractivity contribution in [2.45, 2.75) is 45.6 Å². The summed E-state index contributed by atoms with van der Waals surface area (Å²) in [6.07, 6.45) is 4.62. The highest BCUT2D eigenvalue weighted by Gasteiger charge is 2.44. The van der Waals surface area contributed by atoms with Crippen LogP contribution in [0, 0.1) is 11.3 Å². The molecule has 90 valence electrons. The number of aryl methyl sites for hydroxylation is 1. The molecular weight excluding hydrogens is 200 g/mol. The predicted octanol–water partition coefficient (Wildman–Crippen LogP) is 2.45. The van der Waals surface area contributed by atoms with Gasteiger partial charge in [-0.25, -0.2) is 0 Å². The van der Waals surface area contributed by atoms with Crippen molar-refractivity contribution >= 4 is 0 Å². The van der Waals surface area contributed by atoms with Crippen LogP contribution in [0.15, 0.2) is 12.3 Å². The summed E-state index contributed by atoms with van der Waals surface area (Å²) in [6, 6.07) is 1.94. The van der Waals surface area contributed by atoms with Gasteiger partial charge in [-0.1, -0.05) is 20.8 Å². The lowest BCUT2D eigenvalue weighted by Crippen LogP contribution is -2.41. The van der Waals surface area contributed by atoms with Crippen molar-refractivity contribution in [3.05, 3.63) is 18.0 Å². The van der Waals surface area contributed by atoms with Gasteiger partial charge in [0, 0.05) is 13.2 Å². The quantitative estimate of drug-likeness (QED) is 0.792. The van der Waals surface area contributed by atoms with Gasteiger partial charge in [-0.15, -0.1) is 0 Å². The standard InChI is InChI=1S/C13H22N2O/c1-10-7-12(2,3)9-13(16,8-10)11-5-6-14-15(11)4/h5-6,10,16H,7-9H2,1-4H3. The van der Waals surface area contributed by atoms with Crippen LogP contribution in [-0.2, 0) is 12.6 Å². The van der Waals surface area contributed by atoms with E-state index in [1.54, 1.807) is 10.9 Å². The summed E-state index contributed by atoms with van der Waals surface area (Å²) < 4.78 is 1.80. The molecule has 1 fully saturated rings. The van der Waals surface area contributed by atoms with Gasteiger partial charge in [0.2, 0.25) is 0 Å². The lowest BCUT2D eigenvalue weighted by Gasteiger charge is -2.44. The summed E-state index contributed by atoms with van der Waals surface area (Å²) in [5.41, 5.74) is 0.454. The minimum atomic E-state index is -0.702. The van der Waals surface area contributed by atoms with Crippen LogP contribution in [0.4, 0.5) is 0 Å². The molecule has 1 N–H and O–H groups in total. The van der Waals surface area contributed by atoms with Crippen LogP contribution in [0.25, 0.3) is 0 Å². The van der Waals surface area contributed by atoms with Crippen molar-refractivity contribution in [1.29, 1.82) is 0 Å². The monoisotopic (exact) mass is 222 g/mol. The van der Waals surface area contributed by atoms with Gasteiger partial charge in [-0.3, -0.25) is 4.68 Å². The molecule has 2 unspecified atom stereocenters. The summed E-state index contributed by atoms with van der Waals surface area (Å²) in [7, 11) is 1.90. The third kappa shape index (κ3) is 2.01. The lowest BCUT2D eigenvalue weighted by atomic mass is 9.65. The Morgan fingerprint density at radius 3 is 2.62 bits per heavy atom. The van der Waals surface area contributed by atoms with Crippen molar-refractivity contribution in [1.82, 2.24) is 9.78 Å². The Labute approximate surface area is 97.5 Å². The largest absolute Gasteiger partial charge is 0.384 e. The highest BCUT2D eigenvalue weighted by Crippen LogP contribution is 2.48. The van der Waals surface area contributed by atoms with Crippen molar-refractivity contribution in [2.24, 2.45) is 18.4 Å². The van der Waals surface area contributed by atoms with Crippen LogP contribution in [0.2, 0.25) is 0 Å². The molecule has 0 radical (unpaired) electrons. The summed E-state index contributed by atoms with van der Waals surface area (Å²) in [5, 5.41) is 15.0. The third-order valence-electron chi connectivity index (χ3n) is 3.66. The maximum atomic E-state index is 10.9. The molecule has 16 heavy (non-hydrogen) atoms. The zero-order chi connectivity index (χ0) is 12.0. The van der Waals surface area contributed by atoms with E-state index in [4.69, 9.17) is 0 Å². The Kier molecular flexibility index (Phi) is 2.61. The Balaban J connectivity index is 2.34. The fraction of sp³-hybridized carbons (Fsp3) is 0.769. The number of aliphatic hydroxyl groups is 1. The van der Waals surface area contributed by atoms with Crippen molar-refractivity contribution < 1.29 is 5.11 Å². The maximum Gasteiger partial charge on any atom is 0.107 e. The molecule has 0 aliphatic heterocycles. The number of hydrogen-bond acceptors (Lipinski definition) is 2. The van der Waals surface area contributed by atoms with Gasteiger partial charge in [0.05, 0.1) is 5.69 Å². The number of hydrogen-bond donors (Lipinski definition) is 1. The molecule has 2 rings (SSSR count). The fourth-order valence-electron chi connectivity index (χ4n) is 3.55. The Morgan fingerprint density at radius 1 is 1.44 bits per heavy atom. The van der Waals surface area contributed by atoms with Crippen molar-refractivity contribution in [3.63, 3.8) is 0 Å². The molecule has 1 heterocycles. The molecule has 3 nitrogen and oxygen atoms in total. The predicted molar refractivity (Wildman–Crippen MR) is 63.9 cm³/mol. The van der Waals surface area contributed by atoms with Gasteiger partial charge in [-0.2, -0.15) is 5.10 Å². The van der Waals surface area contributed by atoms with Crippen LogP contribution < -0.4 is 0 Å². The highest BCUT2D eigenvalue weighted by atomic mass is 16.3. The Morgan fingerprint density at radius 2 is 2.12 bits per heavy atom. The Bertz CT molecular complexity index is 383. The van der Waals surface area contributed by atoms with E-state index in [2.05, 4.69) is 25.9 Å². The number of aromatic nitrogens is 2. The minimum absolute atomic E-state index is 0.205. The first-order valence-corrected chi connectivity index (χ1v) is 6.03. The summed E-state index contributed by atoms with van der Waals surface area (Å²) in [4.78, 5) is 0. The average Bonchev–Trinajstić information content (AvgIpc) is 2.46. The van der Waals surface area contributed by atoms with Gasteiger partial charge in [0.1, 0.15) is 5.60 Å². The molecule has 2 atom stereocenters. The summed E-state index contributed by atoms with van der Waals surface area (Å²) >= 11 is 0. The van der Waals surface area contributed by atoms with Crippen LogP contribution in [0.5, 0.6) is 0 Å². The molecule has 0 aromatic carbocycles. The average molecular weight is 222 g/mol. The molecule has 1 aromatic heterocycles. The van der Waals surface area contributed by atoms with E-state index in [1.165, 1.54) is 6.42 Å². The molecule has 1 aromatic rings. The second-order valence-corrected chi connectivity index (χ2v) is 6.23. The Hall–Kier alpha value is -0.830. The van der Waals surface area contributed by atoms with Crippen molar-refractivity contribution in [3.8, 4) is 0 Å². The normalized spacial score (nSPS) is 33.9. The number of nitrogens with zero attached hydrogens (tertiary/aromatic N) is 2. The second-order valence-electron chi connectivity index (χ2n) is 6.23. The molecular formula is C13H22N2O. The van der Waals surface area contributed by atoms with Gasteiger partial charge >= 0.3 is 0 Å². The van der Waals surface area contributed by atoms with Gasteiger partial charge in [0.15, 0.2) is 0 Å². The first kappa shape index (κ1) is 11.6. The van der Waals surface area contributed by atoms with E-state index in [-0.39, 0.29) is 5.41 Å². The molecule has 3 heteroatoms. The SMILES string of the molecule is CC1CC(C)(C)CC(O)(c2ccnn2C)C1. The second kappa shape index (κ2) is 3.59. The maximum absolute atomic E-state index is 10.9. The zero-order valence-electron chi connectivity index (χ0n) is 10.7. The van der Waals surface area contributed by atoms with E-state index < -0.39 is 5.60 Å². The third-order valence-corrected chi connectivity index (χ3v) is 3.66. The summed E-state index contributed by atoms with van der Waals surface area (Å²) in [6.45, 7) is 6.70.